The molecule has 0 rings (SSSR count). The Morgan fingerprint density at radius 3 is 1.45 bits per heavy atom. The molecule has 1 unspecified atom stereocenters. The molecule has 0 radical (unpaired) electrons. The van der Waals surface area contributed by atoms with E-state index in [9.17, 15) is 0 Å². The van der Waals surface area contributed by atoms with Gasteiger partial charge in [-0.15, -0.1) is 0 Å². The van der Waals surface area contributed by atoms with E-state index in [0.717, 1.165) is 38.6 Å². The molecule has 0 saturated heterocycles. The summed E-state index contributed by atoms with van der Waals surface area (Å²) in [4.78, 5) is 7.76. The van der Waals surface area contributed by atoms with Crippen LogP contribution in [0.5, 0.6) is 0 Å². The van der Waals surface area contributed by atoms with Gasteiger partial charge in [-0.05, 0) is 38.6 Å². The van der Waals surface area contributed by atoms with Gasteiger partial charge in [0.25, 0.3) is 0 Å². The third kappa shape index (κ3) is 7.05. The zero-order valence-corrected chi connectivity index (χ0v) is 15.2. The van der Waals surface area contributed by atoms with E-state index in [1.807, 2.05) is 0 Å². The summed E-state index contributed by atoms with van der Waals surface area (Å²) in [5.74, 6) is 0.720. The number of nitrogens with zero attached hydrogens (tertiary/aromatic N) is 3. The molecule has 0 aromatic carbocycles. The molecular formula is C17H39N3. The molecule has 0 aromatic heterocycles. The minimum atomic E-state index is 0.682. The van der Waals surface area contributed by atoms with Crippen LogP contribution in [0.25, 0.3) is 0 Å². The van der Waals surface area contributed by atoms with E-state index in [4.69, 9.17) is 0 Å². The van der Waals surface area contributed by atoms with Crippen molar-refractivity contribution < 1.29 is 0 Å². The molecule has 0 bridgehead atoms. The van der Waals surface area contributed by atoms with E-state index in [-0.39, 0.29) is 0 Å². The van der Waals surface area contributed by atoms with E-state index >= 15 is 0 Å². The Morgan fingerprint density at radius 1 is 0.650 bits per heavy atom. The molecule has 0 aliphatic heterocycles. The summed E-state index contributed by atoms with van der Waals surface area (Å²) < 4.78 is 0. The van der Waals surface area contributed by atoms with Gasteiger partial charge < -0.3 is 9.80 Å². The molecule has 0 aliphatic carbocycles. The monoisotopic (exact) mass is 285 g/mol. The largest absolute Gasteiger partial charge is 0.303 e. The zero-order valence-electron chi connectivity index (χ0n) is 15.2. The lowest BCUT2D eigenvalue weighted by Crippen LogP contribution is -2.48. The second-order valence-corrected chi connectivity index (χ2v) is 5.95. The number of hydrogen-bond donors (Lipinski definition) is 0. The summed E-state index contributed by atoms with van der Waals surface area (Å²) in [6.07, 6.45) is 0. The third-order valence-corrected chi connectivity index (χ3v) is 4.57. The summed E-state index contributed by atoms with van der Waals surface area (Å²) in [6, 6.07) is 0.682. The van der Waals surface area contributed by atoms with Gasteiger partial charge in [0.15, 0.2) is 0 Å². The van der Waals surface area contributed by atoms with Crippen molar-refractivity contribution in [3.05, 3.63) is 0 Å². The van der Waals surface area contributed by atoms with E-state index < -0.39 is 0 Å². The predicted molar refractivity (Wildman–Crippen MR) is 91.4 cm³/mol. The summed E-state index contributed by atoms with van der Waals surface area (Å²) in [5, 5.41) is 0. The number of likely N-dealkylation sites (N-methyl/N-ethyl adjacent to an activating group) is 3. The first-order valence-electron chi connectivity index (χ1n) is 8.72. The molecule has 0 N–H and O–H groups in total. The van der Waals surface area contributed by atoms with Gasteiger partial charge in [0.05, 0.1) is 0 Å². The highest BCUT2D eigenvalue weighted by atomic mass is 15.2. The molecule has 0 fully saturated rings. The average Bonchev–Trinajstić information content (AvgIpc) is 2.45. The van der Waals surface area contributed by atoms with Crippen molar-refractivity contribution in [3.63, 3.8) is 0 Å². The van der Waals surface area contributed by atoms with Crippen LogP contribution in [0.1, 0.15) is 48.5 Å². The normalized spacial score (nSPS) is 13.9. The predicted octanol–water partition coefficient (Wildman–Crippen LogP) is 3.02. The van der Waals surface area contributed by atoms with Crippen molar-refractivity contribution in [3.8, 4) is 0 Å². The standard InChI is InChI=1S/C17H39N3/c1-8-18(9-2)13-14-19(10-3)15-17(16(6)7)20(11-4)12-5/h16-17H,8-15H2,1-7H3. The van der Waals surface area contributed by atoms with Crippen LogP contribution in [-0.4, -0.2) is 73.1 Å². The van der Waals surface area contributed by atoms with E-state index in [1.165, 1.54) is 19.6 Å². The Kier molecular flexibility index (Phi) is 11.5. The molecular weight excluding hydrogens is 246 g/mol. The van der Waals surface area contributed by atoms with Crippen molar-refractivity contribution >= 4 is 0 Å². The van der Waals surface area contributed by atoms with Crippen LogP contribution in [0.15, 0.2) is 0 Å². The quantitative estimate of drug-likeness (QED) is 0.546. The molecule has 0 heterocycles. The highest BCUT2D eigenvalue weighted by molar-refractivity contribution is 4.78. The third-order valence-electron chi connectivity index (χ3n) is 4.57. The minimum Gasteiger partial charge on any atom is -0.303 e. The molecule has 0 saturated carbocycles. The van der Waals surface area contributed by atoms with Crippen molar-refractivity contribution in [1.82, 2.24) is 14.7 Å². The molecule has 0 amide bonds. The van der Waals surface area contributed by atoms with Crippen LogP contribution >= 0.6 is 0 Å². The lowest BCUT2D eigenvalue weighted by molar-refractivity contribution is 0.111. The van der Waals surface area contributed by atoms with E-state index in [2.05, 4.69) is 63.2 Å². The number of hydrogen-bond acceptors (Lipinski definition) is 3. The van der Waals surface area contributed by atoms with Crippen LogP contribution < -0.4 is 0 Å². The summed E-state index contributed by atoms with van der Waals surface area (Å²) in [7, 11) is 0. The second-order valence-electron chi connectivity index (χ2n) is 5.95. The van der Waals surface area contributed by atoms with Gasteiger partial charge in [-0.2, -0.15) is 0 Å². The van der Waals surface area contributed by atoms with Crippen LogP contribution in [-0.2, 0) is 0 Å². The smallest absolute Gasteiger partial charge is 0.0245 e. The van der Waals surface area contributed by atoms with Crippen molar-refractivity contribution in [2.24, 2.45) is 5.92 Å². The maximum absolute atomic E-state index is 2.63. The Bertz CT molecular complexity index is 210. The lowest BCUT2D eigenvalue weighted by Gasteiger charge is -2.37. The van der Waals surface area contributed by atoms with Gasteiger partial charge in [-0.3, -0.25) is 4.90 Å². The van der Waals surface area contributed by atoms with Gasteiger partial charge in [-0.1, -0.05) is 48.5 Å². The van der Waals surface area contributed by atoms with E-state index in [0.29, 0.717) is 6.04 Å². The Hall–Kier alpha value is -0.120. The molecule has 0 aliphatic rings. The van der Waals surface area contributed by atoms with Gasteiger partial charge in [0, 0.05) is 25.7 Å². The molecule has 3 heteroatoms. The summed E-state index contributed by atoms with van der Waals surface area (Å²) in [6.45, 7) is 25.5. The summed E-state index contributed by atoms with van der Waals surface area (Å²) in [5.41, 5.74) is 0. The maximum Gasteiger partial charge on any atom is 0.0245 e. The van der Waals surface area contributed by atoms with Crippen molar-refractivity contribution in [2.45, 2.75) is 54.5 Å². The zero-order chi connectivity index (χ0) is 15.5. The molecule has 1 atom stereocenters. The maximum atomic E-state index is 2.63. The fourth-order valence-corrected chi connectivity index (χ4v) is 2.91. The first-order chi connectivity index (χ1) is 9.53. The highest BCUT2D eigenvalue weighted by Gasteiger charge is 2.21. The van der Waals surface area contributed by atoms with Gasteiger partial charge in [0.2, 0.25) is 0 Å². The molecule has 20 heavy (non-hydrogen) atoms. The topological polar surface area (TPSA) is 9.72 Å². The van der Waals surface area contributed by atoms with Gasteiger partial charge >= 0.3 is 0 Å². The fraction of sp³-hybridized carbons (Fsp3) is 1.00. The fourth-order valence-electron chi connectivity index (χ4n) is 2.91. The second kappa shape index (κ2) is 11.5. The molecule has 0 spiro atoms. The Balaban J connectivity index is 4.48. The van der Waals surface area contributed by atoms with Crippen molar-refractivity contribution in [2.75, 3.05) is 52.4 Å². The lowest BCUT2D eigenvalue weighted by atomic mass is 10.0. The van der Waals surface area contributed by atoms with Crippen LogP contribution in [0.3, 0.4) is 0 Å². The first kappa shape index (κ1) is 19.9. The average molecular weight is 286 g/mol. The molecule has 122 valence electrons. The van der Waals surface area contributed by atoms with Gasteiger partial charge in [-0.25, -0.2) is 0 Å². The highest BCUT2D eigenvalue weighted by Crippen LogP contribution is 2.12. The van der Waals surface area contributed by atoms with Crippen LogP contribution in [0.2, 0.25) is 0 Å². The Morgan fingerprint density at radius 2 is 1.10 bits per heavy atom. The molecule has 3 nitrogen and oxygen atoms in total. The Labute approximate surface area is 128 Å². The summed E-state index contributed by atoms with van der Waals surface area (Å²) >= 11 is 0. The van der Waals surface area contributed by atoms with Gasteiger partial charge in [0.1, 0.15) is 0 Å². The number of rotatable bonds is 12. The minimum absolute atomic E-state index is 0.682. The SMILES string of the molecule is CCN(CC)CCN(CC)CC(C(C)C)N(CC)CC. The first-order valence-corrected chi connectivity index (χ1v) is 8.72. The van der Waals surface area contributed by atoms with E-state index in [1.54, 1.807) is 0 Å². The van der Waals surface area contributed by atoms with Crippen LogP contribution in [0.4, 0.5) is 0 Å². The molecule has 0 aromatic rings. The van der Waals surface area contributed by atoms with Crippen LogP contribution in [0, 0.1) is 5.92 Å². The van der Waals surface area contributed by atoms with Crippen molar-refractivity contribution in [1.29, 1.82) is 0 Å².